The molecular formula is C12H6ClFN2O3S. The predicted octanol–water partition coefficient (Wildman–Crippen LogP) is 2.81. The Bertz CT molecular complexity index is 803. The Kier molecular flexibility index (Phi) is 3.88. The number of aromatic nitrogens is 1. The first-order valence-electron chi connectivity index (χ1n) is 5.19. The fourth-order valence-corrected chi connectivity index (χ4v) is 2.34. The Hall–Kier alpha value is -2.17. The van der Waals surface area contributed by atoms with Gasteiger partial charge < -0.3 is 4.74 Å². The van der Waals surface area contributed by atoms with Crippen LogP contribution in [0, 0.1) is 17.1 Å². The van der Waals surface area contributed by atoms with Crippen LogP contribution in [0.2, 0.25) is 0 Å². The third kappa shape index (κ3) is 2.87. The van der Waals surface area contributed by atoms with Gasteiger partial charge in [-0.05, 0) is 24.3 Å². The number of hydrogen-bond donors (Lipinski definition) is 0. The second-order valence-electron chi connectivity index (χ2n) is 3.57. The quantitative estimate of drug-likeness (QED) is 0.814. The molecule has 1 heterocycles. The highest BCUT2D eigenvalue weighted by Gasteiger charge is 2.20. The zero-order chi connectivity index (χ0) is 14.8. The number of halogens is 2. The molecule has 8 heteroatoms. The van der Waals surface area contributed by atoms with Crippen molar-refractivity contribution in [2.45, 2.75) is 4.90 Å². The molecule has 102 valence electrons. The first kappa shape index (κ1) is 14.2. The van der Waals surface area contributed by atoms with E-state index in [-0.39, 0.29) is 22.1 Å². The van der Waals surface area contributed by atoms with Crippen LogP contribution in [0.15, 0.2) is 41.4 Å². The maximum atomic E-state index is 13.4. The number of pyridine rings is 1. The molecule has 0 aliphatic rings. The van der Waals surface area contributed by atoms with Gasteiger partial charge in [0, 0.05) is 16.9 Å². The van der Waals surface area contributed by atoms with E-state index in [9.17, 15) is 12.8 Å². The van der Waals surface area contributed by atoms with Crippen LogP contribution in [0.1, 0.15) is 5.56 Å². The maximum Gasteiger partial charge on any atom is 0.266 e. The van der Waals surface area contributed by atoms with Crippen LogP contribution in [-0.2, 0) is 9.05 Å². The van der Waals surface area contributed by atoms with Gasteiger partial charge in [-0.25, -0.2) is 17.8 Å². The Morgan fingerprint density at radius 2 is 2.05 bits per heavy atom. The van der Waals surface area contributed by atoms with E-state index in [1.54, 1.807) is 6.07 Å². The summed E-state index contributed by atoms with van der Waals surface area (Å²) >= 11 is 0. The minimum Gasteiger partial charge on any atom is -0.436 e. The molecule has 0 aliphatic heterocycles. The SMILES string of the molecule is N#Cc1c(F)cccc1Oc1ncccc1S(=O)(=O)Cl. The van der Waals surface area contributed by atoms with E-state index < -0.39 is 14.9 Å². The Morgan fingerprint density at radius 3 is 2.70 bits per heavy atom. The van der Waals surface area contributed by atoms with Crippen molar-refractivity contribution in [3.8, 4) is 17.7 Å². The second kappa shape index (κ2) is 5.45. The topological polar surface area (TPSA) is 80.0 Å². The molecule has 20 heavy (non-hydrogen) atoms. The molecule has 0 spiro atoms. The van der Waals surface area contributed by atoms with Crippen LogP contribution in [-0.4, -0.2) is 13.4 Å². The van der Waals surface area contributed by atoms with E-state index in [1.165, 1.54) is 30.5 Å². The molecule has 0 bridgehead atoms. The van der Waals surface area contributed by atoms with Gasteiger partial charge in [0.1, 0.15) is 28.1 Å². The fourth-order valence-electron chi connectivity index (χ4n) is 1.44. The van der Waals surface area contributed by atoms with E-state index in [0.717, 1.165) is 6.07 Å². The summed E-state index contributed by atoms with van der Waals surface area (Å²) in [5.41, 5.74) is -0.351. The lowest BCUT2D eigenvalue weighted by molar-refractivity contribution is 0.442. The molecule has 0 N–H and O–H groups in total. The van der Waals surface area contributed by atoms with Crippen LogP contribution < -0.4 is 4.74 Å². The molecule has 0 fully saturated rings. The lowest BCUT2D eigenvalue weighted by Crippen LogP contribution is -1.99. The van der Waals surface area contributed by atoms with Crippen molar-refractivity contribution in [2.75, 3.05) is 0 Å². The van der Waals surface area contributed by atoms with Crippen molar-refractivity contribution in [3.63, 3.8) is 0 Å². The van der Waals surface area contributed by atoms with E-state index >= 15 is 0 Å². The second-order valence-corrected chi connectivity index (χ2v) is 6.11. The van der Waals surface area contributed by atoms with Gasteiger partial charge in [-0.1, -0.05) is 6.07 Å². The summed E-state index contributed by atoms with van der Waals surface area (Å²) in [6.07, 6.45) is 1.28. The van der Waals surface area contributed by atoms with Gasteiger partial charge in [0.2, 0.25) is 5.88 Å². The summed E-state index contributed by atoms with van der Waals surface area (Å²) in [4.78, 5) is 3.36. The van der Waals surface area contributed by atoms with Gasteiger partial charge >= 0.3 is 0 Å². The van der Waals surface area contributed by atoms with Gasteiger partial charge in [-0.2, -0.15) is 5.26 Å². The highest BCUT2D eigenvalue weighted by atomic mass is 35.7. The van der Waals surface area contributed by atoms with E-state index in [2.05, 4.69) is 4.98 Å². The lowest BCUT2D eigenvalue weighted by Gasteiger charge is -2.09. The van der Waals surface area contributed by atoms with Crippen molar-refractivity contribution in [3.05, 3.63) is 47.9 Å². The summed E-state index contributed by atoms with van der Waals surface area (Å²) in [7, 11) is 1.17. The third-order valence-electron chi connectivity index (χ3n) is 2.29. The maximum absolute atomic E-state index is 13.4. The lowest BCUT2D eigenvalue weighted by atomic mass is 10.2. The molecule has 0 aliphatic carbocycles. The Balaban J connectivity index is 2.53. The number of ether oxygens (including phenoxy) is 1. The summed E-state index contributed by atoms with van der Waals surface area (Å²) in [6, 6.07) is 7.91. The van der Waals surface area contributed by atoms with E-state index in [4.69, 9.17) is 20.7 Å². The third-order valence-corrected chi connectivity index (χ3v) is 3.63. The summed E-state index contributed by atoms with van der Waals surface area (Å²) in [5.74, 6) is -1.26. The molecule has 0 amide bonds. The molecule has 2 aromatic rings. The van der Waals surface area contributed by atoms with Gasteiger partial charge in [0.25, 0.3) is 9.05 Å². The number of benzene rings is 1. The van der Waals surface area contributed by atoms with Crippen molar-refractivity contribution in [1.29, 1.82) is 5.26 Å². The standard InChI is InChI=1S/C12H6ClFN2O3S/c13-20(17,18)11-5-2-6-16-12(11)19-10-4-1-3-9(14)8(10)7-15/h1-6H. The monoisotopic (exact) mass is 312 g/mol. The van der Waals surface area contributed by atoms with E-state index in [0.29, 0.717) is 0 Å². The molecule has 5 nitrogen and oxygen atoms in total. The molecule has 0 saturated heterocycles. The molecular weight excluding hydrogens is 307 g/mol. The number of rotatable bonds is 3. The van der Waals surface area contributed by atoms with Gasteiger partial charge in [0.05, 0.1) is 0 Å². The number of nitriles is 1. The van der Waals surface area contributed by atoms with Crippen molar-refractivity contribution in [2.24, 2.45) is 0 Å². The first-order valence-corrected chi connectivity index (χ1v) is 7.50. The molecule has 0 atom stereocenters. The molecule has 1 aromatic carbocycles. The van der Waals surface area contributed by atoms with Crippen LogP contribution in [0.3, 0.4) is 0 Å². The average Bonchev–Trinajstić information content (AvgIpc) is 2.38. The molecule has 0 radical (unpaired) electrons. The van der Waals surface area contributed by atoms with Gasteiger partial charge in [0.15, 0.2) is 0 Å². The molecule has 2 rings (SSSR count). The van der Waals surface area contributed by atoms with Crippen LogP contribution in [0.4, 0.5) is 4.39 Å². The predicted molar refractivity (Wildman–Crippen MR) is 68.5 cm³/mol. The van der Waals surface area contributed by atoms with Gasteiger partial charge in [-0.3, -0.25) is 0 Å². The minimum atomic E-state index is -4.08. The minimum absolute atomic E-state index is 0.146. The zero-order valence-electron chi connectivity index (χ0n) is 9.75. The average molecular weight is 313 g/mol. The Labute approximate surface area is 118 Å². The van der Waals surface area contributed by atoms with Crippen molar-refractivity contribution in [1.82, 2.24) is 4.98 Å². The van der Waals surface area contributed by atoms with Crippen molar-refractivity contribution >= 4 is 19.7 Å². The summed E-state index contributed by atoms with van der Waals surface area (Å²) in [5, 5.41) is 8.87. The van der Waals surface area contributed by atoms with Crippen LogP contribution in [0.5, 0.6) is 11.6 Å². The van der Waals surface area contributed by atoms with Gasteiger partial charge in [-0.15, -0.1) is 0 Å². The smallest absolute Gasteiger partial charge is 0.266 e. The normalized spacial score (nSPS) is 10.8. The highest BCUT2D eigenvalue weighted by Crippen LogP contribution is 2.31. The van der Waals surface area contributed by atoms with Crippen LogP contribution >= 0.6 is 10.7 Å². The summed E-state index contributed by atoms with van der Waals surface area (Å²) in [6.45, 7) is 0. The Morgan fingerprint density at radius 1 is 1.30 bits per heavy atom. The highest BCUT2D eigenvalue weighted by molar-refractivity contribution is 8.13. The number of hydrogen-bond acceptors (Lipinski definition) is 5. The first-order chi connectivity index (χ1) is 9.43. The van der Waals surface area contributed by atoms with E-state index in [1.807, 2.05) is 0 Å². The molecule has 0 saturated carbocycles. The van der Waals surface area contributed by atoms with Crippen LogP contribution in [0.25, 0.3) is 0 Å². The number of nitrogens with zero attached hydrogens (tertiary/aromatic N) is 2. The zero-order valence-corrected chi connectivity index (χ0v) is 11.3. The fraction of sp³-hybridized carbons (Fsp3) is 0. The molecule has 1 aromatic heterocycles. The largest absolute Gasteiger partial charge is 0.436 e. The molecule has 0 unspecified atom stereocenters. The van der Waals surface area contributed by atoms with Crippen molar-refractivity contribution < 1.29 is 17.5 Å². The summed E-state index contributed by atoms with van der Waals surface area (Å²) < 4.78 is 41.4.